The highest BCUT2D eigenvalue weighted by atomic mass is 16.5. The minimum Gasteiger partial charge on any atom is -0.457 e. The van der Waals surface area contributed by atoms with Crippen molar-refractivity contribution in [2.24, 2.45) is 7.05 Å². The molecule has 1 fully saturated rings. The van der Waals surface area contributed by atoms with Gasteiger partial charge >= 0.3 is 0 Å². The van der Waals surface area contributed by atoms with Crippen LogP contribution in [0, 0.1) is 0 Å². The van der Waals surface area contributed by atoms with Gasteiger partial charge in [-0.3, -0.25) is 19.4 Å². The molecular formula is C27H29N5O2. The van der Waals surface area contributed by atoms with Crippen LogP contribution in [0.5, 0.6) is 11.5 Å². The van der Waals surface area contributed by atoms with Gasteiger partial charge in [-0.1, -0.05) is 19.9 Å². The topological polar surface area (TPSA) is 72.3 Å². The lowest BCUT2D eigenvalue weighted by molar-refractivity contribution is 0.0824. The quantitative estimate of drug-likeness (QED) is 0.447. The average Bonchev–Trinajstić information content (AvgIpc) is 3.20. The second kappa shape index (κ2) is 9.27. The third-order valence-corrected chi connectivity index (χ3v) is 6.45. The van der Waals surface area contributed by atoms with Gasteiger partial charge in [0, 0.05) is 55.0 Å². The van der Waals surface area contributed by atoms with Crippen molar-refractivity contribution in [3.63, 3.8) is 0 Å². The van der Waals surface area contributed by atoms with Crippen LogP contribution in [0.2, 0.25) is 0 Å². The number of carbonyl (C=O) groups excluding carboxylic acids is 1. The van der Waals surface area contributed by atoms with Gasteiger partial charge in [0.15, 0.2) is 0 Å². The van der Waals surface area contributed by atoms with Crippen molar-refractivity contribution < 1.29 is 9.53 Å². The van der Waals surface area contributed by atoms with Crippen LogP contribution < -0.4 is 10.1 Å². The summed E-state index contributed by atoms with van der Waals surface area (Å²) in [5.74, 6) is 1.45. The molecule has 0 atom stereocenters. The van der Waals surface area contributed by atoms with Crippen molar-refractivity contribution in [2.45, 2.75) is 26.3 Å². The fraction of sp³-hybridized carbons (Fsp3) is 0.296. The summed E-state index contributed by atoms with van der Waals surface area (Å²) < 4.78 is 7.95. The van der Waals surface area contributed by atoms with Crippen LogP contribution in [0.4, 0.5) is 0 Å². The van der Waals surface area contributed by atoms with E-state index in [0.29, 0.717) is 5.75 Å². The third-order valence-electron chi connectivity index (χ3n) is 6.45. The van der Waals surface area contributed by atoms with E-state index in [1.54, 1.807) is 6.20 Å². The van der Waals surface area contributed by atoms with E-state index in [2.05, 4.69) is 40.2 Å². The minimum atomic E-state index is -0.000228. The highest BCUT2D eigenvalue weighted by Gasteiger charge is 2.27. The summed E-state index contributed by atoms with van der Waals surface area (Å²) in [4.78, 5) is 19.7. The Kier molecular flexibility index (Phi) is 6.02. The van der Waals surface area contributed by atoms with Gasteiger partial charge in [-0.05, 0) is 48.9 Å². The van der Waals surface area contributed by atoms with Crippen molar-refractivity contribution >= 4 is 16.8 Å². The lowest BCUT2D eigenvalue weighted by Gasteiger charge is -2.38. The Balaban J connectivity index is 1.34. The predicted molar refractivity (Wildman–Crippen MR) is 133 cm³/mol. The zero-order valence-electron chi connectivity index (χ0n) is 19.8. The molecule has 0 unspecified atom stereocenters. The second-order valence-corrected chi connectivity index (χ2v) is 8.72. The van der Waals surface area contributed by atoms with E-state index in [0.717, 1.165) is 65.1 Å². The lowest BCUT2D eigenvalue weighted by Crippen LogP contribution is -2.59. The Labute approximate surface area is 199 Å². The van der Waals surface area contributed by atoms with E-state index < -0.39 is 0 Å². The Morgan fingerprint density at radius 3 is 2.71 bits per heavy atom. The molecule has 1 aliphatic rings. The van der Waals surface area contributed by atoms with E-state index >= 15 is 0 Å². The summed E-state index contributed by atoms with van der Waals surface area (Å²) in [5.41, 5.74) is 4.52. The van der Waals surface area contributed by atoms with Crippen molar-refractivity contribution in [2.75, 3.05) is 19.6 Å². The van der Waals surface area contributed by atoms with Gasteiger partial charge in [-0.15, -0.1) is 0 Å². The van der Waals surface area contributed by atoms with Crippen LogP contribution in [0.1, 0.15) is 29.8 Å². The SMILES string of the molecule is CCc1cc(-c2cc(Oc3ccc4cnn(C)c4c3)ccn2)ccc1C(=O)NC1CN(CC)C1. The van der Waals surface area contributed by atoms with E-state index in [1.807, 2.05) is 60.4 Å². The van der Waals surface area contributed by atoms with Crippen LogP contribution in [0.15, 0.2) is 60.9 Å². The number of fused-ring (bicyclic) bond motifs is 1. The van der Waals surface area contributed by atoms with E-state index in [1.165, 1.54) is 0 Å². The first kappa shape index (κ1) is 22.1. The fourth-order valence-electron chi connectivity index (χ4n) is 4.41. The number of hydrogen-bond acceptors (Lipinski definition) is 5. The average molecular weight is 456 g/mol. The van der Waals surface area contributed by atoms with Crippen LogP contribution in [0.25, 0.3) is 22.2 Å². The molecule has 3 heterocycles. The number of ether oxygens (including phenoxy) is 1. The minimum absolute atomic E-state index is 0.000228. The molecule has 0 bridgehead atoms. The molecule has 0 radical (unpaired) electrons. The molecule has 34 heavy (non-hydrogen) atoms. The standard InChI is InChI=1S/C27H29N5O2/c1-4-18-12-19(7-9-24(18)27(33)30-21-16-32(5-2)17-21)25-13-23(10-11-28-25)34-22-8-6-20-15-29-31(3)26(20)14-22/h6-15,21H,4-5,16-17H2,1-3H3,(H,30,33). The predicted octanol–water partition coefficient (Wildman–Crippen LogP) is 4.42. The monoisotopic (exact) mass is 455 g/mol. The number of benzene rings is 2. The number of aromatic nitrogens is 3. The summed E-state index contributed by atoms with van der Waals surface area (Å²) in [6.07, 6.45) is 4.35. The molecule has 1 aliphatic heterocycles. The molecule has 1 saturated heterocycles. The number of likely N-dealkylation sites (N-methyl/N-ethyl adjacent to an activating group) is 1. The fourth-order valence-corrected chi connectivity index (χ4v) is 4.41. The summed E-state index contributed by atoms with van der Waals surface area (Å²) in [6, 6.07) is 15.8. The van der Waals surface area contributed by atoms with Gasteiger partial charge in [-0.25, -0.2) is 0 Å². The Hall–Kier alpha value is -3.71. The summed E-state index contributed by atoms with van der Waals surface area (Å²) in [5, 5.41) is 8.52. The van der Waals surface area contributed by atoms with Crippen LogP contribution in [0.3, 0.4) is 0 Å². The Morgan fingerprint density at radius 2 is 1.91 bits per heavy atom. The molecular weight excluding hydrogens is 426 g/mol. The number of amides is 1. The number of likely N-dealkylation sites (tertiary alicyclic amines) is 1. The maximum Gasteiger partial charge on any atom is 0.251 e. The van der Waals surface area contributed by atoms with Crippen molar-refractivity contribution in [3.8, 4) is 22.8 Å². The molecule has 7 nitrogen and oxygen atoms in total. The maximum absolute atomic E-state index is 12.9. The normalized spacial score (nSPS) is 14.2. The number of pyridine rings is 1. The van der Waals surface area contributed by atoms with Gasteiger partial charge in [0.05, 0.1) is 23.4 Å². The van der Waals surface area contributed by atoms with E-state index in [4.69, 9.17) is 4.74 Å². The molecule has 1 amide bonds. The lowest BCUT2D eigenvalue weighted by atomic mass is 9.98. The van der Waals surface area contributed by atoms with Gasteiger partial charge in [0.2, 0.25) is 0 Å². The molecule has 0 spiro atoms. The first-order valence-electron chi connectivity index (χ1n) is 11.8. The highest BCUT2D eigenvalue weighted by molar-refractivity contribution is 5.96. The molecule has 7 heteroatoms. The molecule has 2 aromatic heterocycles. The Bertz CT molecular complexity index is 1340. The number of aryl methyl sites for hydroxylation is 2. The van der Waals surface area contributed by atoms with Gasteiger partial charge in [0.1, 0.15) is 11.5 Å². The molecule has 2 aromatic carbocycles. The van der Waals surface area contributed by atoms with Crippen molar-refractivity contribution in [1.82, 2.24) is 25.0 Å². The van der Waals surface area contributed by atoms with Gasteiger partial charge in [-0.2, -0.15) is 5.10 Å². The van der Waals surface area contributed by atoms with Gasteiger partial charge in [0.25, 0.3) is 5.91 Å². The van der Waals surface area contributed by atoms with Gasteiger partial charge < -0.3 is 10.1 Å². The zero-order valence-corrected chi connectivity index (χ0v) is 19.8. The maximum atomic E-state index is 12.9. The first-order chi connectivity index (χ1) is 16.5. The van der Waals surface area contributed by atoms with Crippen LogP contribution in [-0.4, -0.2) is 51.2 Å². The molecule has 1 N–H and O–H groups in total. The molecule has 174 valence electrons. The smallest absolute Gasteiger partial charge is 0.251 e. The number of rotatable bonds is 7. The Morgan fingerprint density at radius 1 is 1.09 bits per heavy atom. The van der Waals surface area contributed by atoms with Crippen molar-refractivity contribution in [1.29, 1.82) is 0 Å². The van der Waals surface area contributed by atoms with Crippen molar-refractivity contribution in [3.05, 3.63) is 72.1 Å². The number of nitrogens with zero attached hydrogens (tertiary/aromatic N) is 4. The van der Waals surface area contributed by atoms with E-state index in [-0.39, 0.29) is 11.9 Å². The number of carbonyl (C=O) groups is 1. The molecule has 0 aliphatic carbocycles. The molecule has 5 rings (SSSR count). The first-order valence-corrected chi connectivity index (χ1v) is 11.8. The van der Waals surface area contributed by atoms with Crippen LogP contribution >= 0.6 is 0 Å². The number of nitrogens with one attached hydrogen (secondary N) is 1. The summed E-state index contributed by atoms with van der Waals surface area (Å²) in [6.45, 7) is 7.08. The largest absolute Gasteiger partial charge is 0.457 e. The molecule has 4 aromatic rings. The summed E-state index contributed by atoms with van der Waals surface area (Å²) in [7, 11) is 1.91. The molecule has 0 saturated carbocycles. The third kappa shape index (κ3) is 4.39. The zero-order chi connectivity index (χ0) is 23.7. The number of hydrogen-bond donors (Lipinski definition) is 1. The second-order valence-electron chi connectivity index (χ2n) is 8.72. The summed E-state index contributed by atoms with van der Waals surface area (Å²) >= 11 is 0. The van der Waals surface area contributed by atoms with E-state index in [9.17, 15) is 4.79 Å². The highest BCUT2D eigenvalue weighted by Crippen LogP contribution is 2.29. The van der Waals surface area contributed by atoms with Crippen LogP contribution in [-0.2, 0) is 13.5 Å².